The molecule has 108 valence electrons. The lowest BCUT2D eigenvalue weighted by atomic mass is 9.78. The molecule has 0 aromatic carbocycles. The molecule has 1 unspecified atom stereocenters. The summed E-state index contributed by atoms with van der Waals surface area (Å²) in [7, 11) is 0. The molecule has 0 spiro atoms. The third-order valence-electron chi connectivity index (χ3n) is 4.48. The second-order valence-corrected chi connectivity index (χ2v) is 6.08. The average molecular weight is 263 g/mol. The van der Waals surface area contributed by atoms with Gasteiger partial charge in [-0.3, -0.25) is 4.68 Å². The van der Waals surface area contributed by atoms with E-state index in [1.807, 2.05) is 4.68 Å². The Morgan fingerprint density at radius 1 is 1.32 bits per heavy atom. The average Bonchev–Trinajstić information content (AvgIpc) is 2.90. The van der Waals surface area contributed by atoms with Crippen molar-refractivity contribution in [2.75, 3.05) is 6.54 Å². The van der Waals surface area contributed by atoms with E-state index in [1.54, 1.807) is 0 Å². The molecule has 2 rings (SSSR count). The van der Waals surface area contributed by atoms with Crippen LogP contribution < -0.4 is 5.32 Å². The van der Waals surface area contributed by atoms with E-state index in [-0.39, 0.29) is 0 Å². The molecule has 3 heteroatoms. The van der Waals surface area contributed by atoms with Crippen molar-refractivity contribution in [3.8, 4) is 0 Å². The maximum absolute atomic E-state index is 4.45. The van der Waals surface area contributed by atoms with Crippen LogP contribution in [0.15, 0.2) is 12.4 Å². The fourth-order valence-corrected chi connectivity index (χ4v) is 3.19. The van der Waals surface area contributed by atoms with Crippen molar-refractivity contribution in [1.29, 1.82) is 0 Å². The van der Waals surface area contributed by atoms with Gasteiger partial charge >= 0.3 is 0 Å². The van der Waals surface area contributed by atoms with Gasteiger partial charge in [-0.25, -0.2) is 0 Å². The minimum absolute atomic E-state index is 0.507. The molecular formula is C16H29N3. The minimum atomic E-state index is 0.507. The third-order valence-corrected chi connectivity index (χ3v) is 4.48. The first-order valence-electron chi connectivity index (χ1n) is 8.00. The first-order valence-corrected chi connectivity index (χ1v) is 8.00. The van der Waals surface area contributed by atoms with E-state index in [1.165, 1.54) is 37.7 Å². The van der Waals surface area contributed by atoms with Crippen molar-refractivity contribution in [1.82, 2.24) is 15.1 Å². The minimum Gasteiger partial charge on any atom is -0.310 e. The monoisotopic (exact) mass is 263 g/mol. The largest absolute Gasteiger partial charge is 0.310 e. The van der Waals surface area contributed by atoms with Crippen molar-refractivity contribution in [3.05, 3.63) is 18.0 Å². The first-order chi connectivity index (χ1) is 9.24. The summed E-state index contributed by atoms with van der Waals surface area (Å²) in [5.41, 5.74) is 1.38. The molecule has 1 aromatic heterocycles. The van der Waals surface area contributed by atoms with E-state index in [0.717, 1.165) is 24.9 Å². The molecule has 1 aliphatic carbocycles. The number of nitrogens with one attached hydrogen (secondary N) is 1. The summed E-state index contributed by atoms with van der Waals surface area (Å²) >= 11 is 0. The number of rotatable bonds is 6. The number of aromatic nitrogens is 2. The Bertz CT molecular complexity index is 364. The number of aryl methyl sites for hydroxylation is 1. The number of hydrogen-bond donors (Lipinski definition) is 1. The van der Waals surface area contributed by atoms with Crippen LogP contribution in [0.5, 0.6) is 0 Å². The topological polar surface area (TPSA) is 29.9 Å². The van der Waals surface area contributed by atoms with E-state index >= 15 is 0 Å². The molecule has 3 nitrogen and oxygen atoms in total. The molecule has 0 amide bonds. The van der Waals surface area contributed by atoms with E-state index in [4.69, 9.17) is 0 Å². The van der Waals surface area contributed by atoms with Gasteiger partial charge in [-0.05, 0) is 44.6 Å². The van der Waals surface area contributed by atoms with E-state index in [9.17, 15) is 0 Å². The van der Waals surface area contributed by atoms with Gasteiger partial charge in [-0.15, -0.1) is 0 Å². The van der Waals surface area contributed by atoms with Crippen LogP contribution in [0.3, 0.4) is 0 Å². The quantitative estimate of drug-likeness (QED) is 0.846. The molecule has 1 N–H and O–H groups in total. The molecule has 19 heavy (non-hydrogen) atoms. The Morgan fingerprint density at radius 2 is 2.05 bits per heavy atom. The Morgan fingerprint density at radius 3 is 2.63 bits per heavy atom. The molecule has 0 aliphatic heterocycles. The molecule has 0 bridgehead atoms. The summed E-state index contributed by atoms with van der Waals surface area (Å²) in [6.07, 6.45) is 11.0. The maximum atomic E-state index is 4.45. The van der Waals surface area contributed by atoms with Crippen LogP contribution in [0.1, 0.15) is 64.5 Å². The van der Waals surface area contributed by atoms with E-state index < -0.39 is 0 Å². The van der Waals surface area contributed by atoms with Gasteiger partial charge in [0, 0.05) is 24.3 Å². The first kappa shape index (κ1) is 14.6. The van der Waals surface area contributed by atoms with Gasteiger partial charge in [0.25, 0.3) is 0 Å². The molecule has 1 atom stereocenters. The van der Waals surface area contributed by atoms with Crippen molar-refractivity contribution >= 4 is 0 Å². The normalized spacial score (nSPS) is 25.4. The SMILES string of the molecule is CCCNC(c1cnn(CC)c1)C1CCC(C)CC1. The standard InChI is InChI=1S/C16H29N3/c1-4-10-17-16(14-8-6-13(3)7-9-14)15-11-18-19(5-2)12-15/h11-14,16-17H,4-10H2,1-3H3. The second-order valence-electron chi connectivity index (χ2n) is 6.08. The van der Waals surface area contributed by atoms with Crippen LogP contribution in [0.25, 0.3) is 0 Å². The lowest BCUT2D eigenvalue weighted by Gasteiger charge is -2.33. The van der Waals surface area contributed by atoms with Gasteiger partial charge in [-0.1, -0.05) is 26.7 Å². The summed E-state index contributed by atoms with van der Waals surface area (Å²) in [6, 6.07) is 0.507. The zero-order valence-electron chi connectivity index (χ0n) is 12.7. The maximum Gasteiger partial charge on any atom is 0.0537 e. The lowest BCUT2D eigenvalue weighted by molar-refractivity contribution is 0.231. The van der Waals surface area contributed by atoms with Crippen LogP contribution in [0.4, 0.5) is 0 Å². The van der Waals surface area contributed by atoms with Gasteiger partial charge in [-0.2, -0.15) is 5.10 Å². The highest BCUT2D eigenvalue weighted by Crippen LogP contribution is 2.36. The van der Waals surface area contributed by atoms with Gasteiger partial charge in [0.2, 0.25) is 0 Å². The van der Waals surface area contributed by atoms with Crippen molar-refractivity contribution < 1.29 is 0 Å². The van der Waals surface area contributed by atoms with Crippen LogP contribution >= 0.6 is 0 Å². The molecule has 0 saturated heterocycles. The van der Waals surface area contributed by atoms with Crippen LogP contribution in [-0.2, 0) is 6.54 Å². The molecule has 0 radical (unpaired) electrons. The van der Waals surface area contributed by atoms with Crippen molar-refractivity contribution in [2.24, 2.45) is 11.8 Å². The zero-order chi connectivity index (χ0) is 13.7. The van der Waals surface area contributed by atoms with E-state index in [2.05, 4.69) is 43.6 Å². The van der Waals surface area contributed by atoms with Crippen LogP contribution in [0.2, 0.25) is 0 Å². The fraction of sp³-hybridized carbons (Fsp3) is 0.812. The summed E-state index contributed by atoms with van der Waals surface area (Å²) in [5, 5.41) is 8.20. The Kier molecular flexibility index (Phi) is 5.44. The molecule has 1 aromatic rings. The summed E-state index contributed by atoms with van der Waals surface area (Å²) in [5.74, 6) is 1.71. The Labute approximate surface area is 117 Å². The third kappa shape index (κ3) is 3.82. The number of hydrogen-bond acceptors (Lipinski definition) is 2. The van der Waals surface area contributed by atoms with Crippen LogP contribution in [0, 0.1) is 11.8 Å². The molecule has 1 heterocycles. The fourth-order valence-electron chi connectivity index (χ4n) is 3.19. The second kappa shape index (κ2) is 7.09. The predicted octanol–water partition coefficient (Wildman–Crippen LogP) is 3.77. The summed E-state index contributed by atoms with van der Waals surface area (Å²) in [6.45, 7) is 8.84. The Hall–Kier alpha value is -0.830. The van der Waals surface area contributed by atoms with Crippen molar-refractivity contribution in [3.63, 3.8) is 0 Å². The van der Waals surface area contributed by atoms with E-state index in [0.29, 0.717) is 6.04 Å². The highest BCUT2D eigenvalue weighted by molar-refractivity contribution is 5.12. The summed E-state index contributed by atoms with van der Waals surface area (Å²) in [4.78, 5) is 0. The molecule has 1 fully saturated rings. The van der Waals surface area contributed by atoms with Gasteiger partial charge in [0.15, 0.2) is 0 Å². The smallest absolute Gasteiger partial charge is 0.0537 e. The van der Waals surface area contributed by atoms with Crippen LogP contribution in [-0.4, -0.2) is 16.3 Å². The zero-order valence-corrected chi connectivity index (χ0v) is 12.7. The molecule has 1 aliphatic rings. The molecular weight excluding hydrogens is 234 g/mol. The highest BCUT2D eigenvalue weighted by Gasteiger charge is 2.27. The predicted molar refractivity (Wildman–Crippen MR) is 80.1 cm³/mol. The van der Waals surface area contributed by atoms with Gasteiger partial charge in [0.05, 0.1) is 6.20 Å². The molecule has 1 saturated carbocycles. The van der Waals surface area contributed by atoms with Gasteiger partial charge < -0.3 is 5.32 Å². The Balaban J connectivity index is 2.06. The number of nitrogens with zero attached hydrogens (tertiary/aromatic N) is 2. The van der Waals surface area contributed by atoms with Gasteiger partial charge in [0.1, 0.15) is 0 Å². The highest BCUT2D eigenvalue weighted by atomic mass is 15.3. The lowest BCUT2D eigenvalue weighted by Crippen LogP contribution is -2.31. The van der Waals surface area contributed by atoms with Crippen molar-refractivity contribution in [2.45, 2.75) is 65.5 Å². The summed E-state index contributed by atoms with van der Waals surface area (Å²) < 4.78 is 2.04.